The summed E-state index contributed by atoms with van der Waals surface area (Å²) in [6, 6.07) is 10.9. The minimum atomic E-state index is -0.0460. The molecular weight excluding hydrogens is 324 g/mol. The fraction of sp³-hybridized carbons (Fsp3) is 0.667. The summed E-state index contributed by atoms with van der Waals surface area (Å²) in [6.07, 6.45) is 1.17. The van der Waals surface area contributed by atoms with E-state index >= 15 is 0 Å². The van der Waals surface area contributed by atoms with Crippen molar-refractivity contribution in [2.75, 3.05) is 39.9 Å². The van der Waals surface area contributed by atoms with Crippen LogP contribution in [-0.2, 0) is 4.74 Å². The van der Waals surface area contributed by atoms with Gasteiger partial charge in [-0.2, -0.15) is 0 Å². The van der Waals surface area contributed by atoms with Crippen LogP contribution in [-0.4, -0.2) is 56.3 Å². The van der Waals surface area contributed by atoms with Gasteiger partial charge in [-0.15, -0.1) is 0 Å². The summed E-state index contributed by atoms with van der Waals surface area (Å²) >= 11 is 0. The van der Waals surface area contributed by atoms with Crippen molar-refractivity contribution in [1.82, 2.24) is 15.5 Å². The van der Waals surface area contributed by atoms with Gasteiger partial charge in [-0.05, 0) is 39.7 Å². The Morgan fingerprint density at radius 2 is 2.08 bits per heavy atom. The molecule has 5 nitrogen and oxygen atoms in total. The number of likely N-dealkylation sites (tertiary alicyclic amines) is 1. The maximum atomic E-state index is 5.58. The van der Waals surface area contributed by atoms with E-state index in [-0.39, 0.29) is 5.54 Å². The van der Waals surface area contributed by atoms with Crippen molar-refractivity contribution in [3.05, 3.63) is 35.9 Å². The van der Waals surface area contributed by atoms with Crippen molar-refractivity contribution in [3.63, 3.8) is 0 Å². The lowest BCUT2D eigenvalue weighted by Crippen LogP contribution is -2.52. The minimum Gasteiger partial charge on any atom is -0.381 e. The van der Waals surface area contributed by atoms with Gasteiger partial charge in [0.15, 0.2) is 5.96 Å². The molecule has 1 aromatic carbocycles. The predicted octanol–water partition coefficient (Wildman–Crippen LogP) is 3.05. The van der Waals surface area contributed by atoms with Gasteiger partial charge in [-0.3, -0.25) is 4.99 Å². The second-order valence-corrected chi connectivity index (χ2v) is 7.82. The number of nitrogens with zero attached hydrogens (tertiary/aromatic N) is 2. The van der Waals surface area contributed by atoms with Gasteiger partial charge in [0.25, 0.3) is 0 Å². The van der Waals surface area contributed by atoms with E-state index in [9.17, 15) is 0 Å². The van der Waals surface area contributed by atoms with Crippen LogP contribution in [0.1, 0.15) is 45.7 Å². The summed E-state index contributed by atoms with van der Waals surface area (Å²) in [5, 5.41) is 7.28. The Morgan fingerprint density at radius 3 is 2.73 bits per heavy atom. The zero-order chi connectivity index (χ0) is 19.0. The highest BCUT2D eigenvalue weighted by atomic mass is 16.5. The molecule has 0 bridgehead atoms. The van der Waals surface area contributed by atoms with Crippen LogP contribution in [0.4, 0.5) is 0 Å². The topological polar surface area (TPSA) is 48.9 Å². The van der Waals surface area contributed by atoms with Crippen molar-refractivity contribution >= 4 is 5.96 Å². The third-order valence-corrected chi connectivity index (χ3v) is 4.95. The van der Waals surface area contributed by atoms with E-state index in [1.807, 2.05) is 7.05 Å². The Labute approximate surface area is 159 Å². The van der Waals surface area contributed by atoms with Crippen LogP contribution in [0.2, 0.25) is 0 Å². The number of guanidine groups is 1. The van der Waals surface area contributed by atoms with Crippen LogP contribution in [0.3, 0.4) is 0 Å². The number of hydrogen-bond donors (Lipinski definition) is 2. The molecule has 1 aromatic rings. The SMILES string of the molecule is CCOCC1CCN(C(=NC)NCC(C)(C)NC(C)c2ccccc2)C1. The summed E-state index contributed by atoms with van der Waals surface area (Å²) < 4.78 is 5.58. The molecule has 2 N–H and O–H groups in total. The quantitative estimate of drug-likeness (QED) is 0.553. The number of hydrogen-bond acceptors (Lipinski definition) is 3. The van der Waals surface area contributed by atoms with Gasteiger partial charge in [-0.1, -0.05) is 30.3 Å². The molecule has 2 atom stereocenters. The van der Waals surface area contributed by atoms with Crippen LogP contribution in [0.5, 0.6) is 0 Å². The highest BCUT2D eigenvalue weighted by Crippen LogP contribution is 2.18. The van der Waals surface area contributed by atoms with Gasteiger partial charge in [0.1, 0.15) is 0 Å². The highest BCUT2D eigenvalue weighted by molar-refractivity contribution is 5.80. The van der Waals surface area contributed by atoms with E-state index in [0.717, 1.165) is 38.8 Å². The zero-order valence-electron chi connectivity index (χ0n) is 17.1. The summed E-state index contributed by atoms with van der Waals surface area (Å²) in [7, 11) is 1.87. The van der Waals surface area contributed by atoms with E-state index in [4.69, 9.17) is 4.74 Å². The highest BCUT2D eigenvalue weighted by Gasteiger charge is 2.27. The van der Waals surface area contributed by atoms with Crippen molar-refractivity contribution < 1.29 is 4.74 Å². The zero-order valence-corrected chi connectivity index (χ0v) is 17.1. The first-order valence-electron chi connectivity index (χ1n) is 9.81. The molecule has 1 saturated heterocycles. The van der Waals surface area contributed by atoms with Crippen LogP contribution in [0.15, 0.2) is 35.3 Å². The van der Waals surface area contributed by atoms with E-state index in [0.29, 0.717) is 12.0 Å². The average Bonchev–Trinajstić information content (AvgIpc) is 3.09. The molecule has 1 heterocycles. The van der Waals surface area contributed by atoms with Gasteiger partial charge < -0.3 is 20.3 Å². The molecule has 0 saturated carbocycles. The summed E-state index contributed by atoms with van der Waals surface area (Å²) in [6.45, 7) is 13.3. The third kappa shape index (κ3) is 6.29. The molecule has 2 rings (SSSR count). The Morgan fingerprint density at radius 1 is 1.35 bits per heavy atom. The average molecular weight is 361 g/mol. The molecule has 5 heteroatoms. The lowest BCUT2D eigenvalue weighted by Gasteiger charge is -2.32. The molecular formula is C21H36N4O. The molecule has 1 aliphatic heterocycles. The molecule has 146 valence electrons. The first-order valence-corrected chi connectivity index (χ1v) is 9.81. The Bertz CT molecular complexity index is 558. The Hall–Kier alpha value is -1.59. The number of nitrogens with one attached hydrogen (secondary N) is 2. The fourth-order valence-corrected chi connectivity index (χ4v) is 3.54. The smallest absolute Gasteiger partial charge is 0.193 e. The van der Waals surface area contributed by atoms with Gasteiger partial charge in [0.2, 0.25) is 0 Å². The standard InChI is InChI=1S/C21H36N4O/c1-6-26-15-18-12-13-25(14-18)20(22-5)23-16-21(3,4)24-17(2)19-10-8-7-9-11-19/h7-11,17-18,24H,6,12-16H2,1-5H3,(H,22,23). The normalized spacial score (nSPS) is 19.7. The molecule has 0 aliphatic carbocycles. The van der Waals surface area contributed by atoms with Crippen molar-refractivity contribution in [2.45, 2.75) is 45.7 Å². The number of aliphatic imine (C=N–C) groups is 1. The molecule has 0 spiro atoms. The van der Waals surface area contributed by atoms with E-state index < -0.39 is 0 Å². The minimum absolute atomic E-state index is 0.0460. The Kier molecular flexibility index (Phi) is 7.91. The third-order valence-electron chi connectivity index (χ3n) is 4.95. The maximum absolute atomic E-state index is 5.58. The first kappa shape index (κ1) is 20.7. The lowest BCUT2D eigenvalue weighted by molar-refractivity contribution is 0.114. The van der Waals surface area contributed by atoms with Crippen molar-refractivity contribution in [2.24, 2.45) is 10.9 Å². The second-order valence-electron chi connectivity index (χ2n) is 7.82. The predicted molar refractivity (Wildman–Crippen MR) is 110 cm³/mol. The maximum Gasteiger partial charge on any atom is 0.193 e. The number of ether oxygens (including phenoxy) is 1. The largest absolute Gasteiger partial charge is 0.381 e. The van der Waals surface area contributed by atoms with Crippen LogP contribution >= 0.6 is 0 Å². The van der Waals surface area contributed by atoms with Crippen molar-refractivity contribution in [1.29, 1.82) is 0 Å². The number of rotatable bonds is 8. The fourth-order valence-electron chi connectivity index (χ4n) is 3.54. The summed E-state index contributed by atoms with van der Waals surface area (Å²) in [5.41, 5.74) is 1.26. The molecule has 1 fully saturated rings. The molecule has 0 radical (unpaired) electrons. The molecule has 2 unspecified atom stereocenters. The summed E-state index contributed by atoms with van der Waals surface area (Å²) in [5.74, 6) is 1.60. The second kappa shape index (κ2) is 9.93. The Balaban J connectivity index is 1.83. The molecule has 1 aliphatic rings. The van der Waals surface area contributed by atoms with Crippen molar-refractivity contribution in [3.8, 4) is 0 Å². The van der Waals surface area contributed by atoms with E-state index in [1.165, 1.54) is 12.0 Å². The lowest BCUT2D eigenvalue weighted by atomic mass is 10.0. The van der Waals surface area contributed by atoms with Crippen LogP contribution in [0.25, 0.3) is 0 Å². The molecule has 0 aromatic heterocycles. The summed E-state index contributed by atoms with van der Waals surface area (Å²) in [4.78, 5) is 6.84. The van der Waals surface area contributed by atoms with Gasteiger partial charge in [0.05, 0.1) is 6.61 Å². The van der Waals surface area contributed by atoms with E-state index in [2.05, 4.69) is 78.6 Å². The van der Waals surface area contributed by atoms with Crippen LogP contribution in [0, 0.1) is 5.92 Å². The van der Waals surface area contributed by atoms with Gasteiger partial charge in [0, 0.05) is 50.8 Å². The van der Waals surface area contributed by atoms with Gasteiger partial charge >= 0.3 is 0 Å². The molecule has 0 amide bonds. The molecule has 26 heavy (non-hydrogen) atoms. The first-order chi connectivity index (χ1) is 12.4. The monoisotopic (exact) mass is 360 g/mol. The van der Waals surface area contributed by atoms with E-state index in [1.54, 1.807) is 0 Å². The number of benzene rings is 1. The van der Waals surface area contributed by atoms with Gasteiger partial charge in [-0.25, -0.2) is 0 Å². The van der Waals surface area contributed by atoms with Crippen LogP contribution < -0.4 is 10.6 Å².